The highest BCUT2D eigenvalue weighted by molar-refractivity contribution is 5.92. The number of methoxy groups -OCH3 is 1. The number of nitrogens with zero attached hydrogens (tertiary/aromatic N) is 1. The number of hydrogen-bond acceptors (Lipinski definition) is 3. The van der Waals surface area contributed by atoms with E-state index in [2.05, 4.69) is 15.0 Å². The van der Waals surface area contributed by atoms with Crippen molar-refractivity contribution in [3.05, 3.63) is 54.1 Å². The van der Waals surface area contributed by atoms with Crippen LogP contribution in [0.4, 0.5) is 18.9 Å². The fourth-order valence-corrected chi connectivity index (χ4v) is 1.89. The molecule has 2 aromatic carbocycles. The zero-order valence-corrected chi connectivity index (χ0v) is 12.8. The van der Waals surface area contributed by atoms with Crippen LogP contribution >= 0.6 is 0 Å². The minimum Gasteiger partial charge on any atom is -0.497 e. The van der Waals surface area contributed by atoms with Gasteiger partial charge in [-0.1, -0.05) is 18.2 Å². The first kappa shape index (κ1) is 17.5. The van der Waals surface area contributed by atoms with Crippen molar-refractivity contribution in [2.75, 3.05) is 12.4 Å². The maximum Gasteiger partial charge on any atom is 0.573 e. The Hall–Kier alpha value is -2.90. The van der Waals surface area contributed by atoms with Crippen LogP contribution < -0.4 is 20.5 Å². The number of anilines is 1. The van der Waals surface area contributed by atoms with Gasteiger partial charge in [0.1, 0.15) is 11.5 Å². The summed E-state index contributed by atoms with van der Waals surface area (Å²) < 4.78 is 46.1. The Kier molecular flexibility index (Phi) is 5.51. The van der Waals surface area contributed by atoms with Gasteiger partial charge in [0.2, 0.25) is 0 Å². The normalized spacial score (nSPS) is 11.9. The Balaban J connectivity index is 2.04. The van der Waals surface area contributed by atoms with Gasteiger partial charge in [0.05, 0.1) is 13.7 Å². The third kappa shape index (κ3) is 5.38. The molecular formula is C16H16F3N3O2. The molecule has 2 aromatic rings. The third-order valence-electron chi connectivity index (χ3n) is 2.98. The molecule has 8 heteroatoms. The zero-order valence-electron chi connectivity index (χ0n) is 12.8. The van der Waals surface area contributed by atoms with Crippen LogP contribution in [0.2, 0.25) is 0 Å². The van der Waals surface area contributed by atoms with Gasteiger partial charge >= 0.3 is 6.36 Å². The summed E-state index contributed by atoms with van der Waals surface area (Å²) in [6.07, 6.45) is -4.76. The fourth-order valence-electron chi connectivity index (χ4n) is 1.89. The average Bonchev–Trinajstić information content (AvgIpc) is 2.53. The highest BCUT2D eigenvalue weighted by atomic mass is 19.4. The summed E-state index contributed by atoms with van der Waals surface area (Å²) >= 11 is 0. The molecule has 0 aliphatic carbocycles. The van der Waals surface area contributed by atoms with Crippen molar-refractivity contribution in [1.82, 2.24) is 0 Å². The minimum absolute atomic E-state index is 0.0543. The van der Waals surface area contributed by atoms with Crippen molar-refractivity contribution in [2.24, 2.45) is 10.7 Å². The van der Waals surface area contributed by atoms with Gasteiger partial charge < -0.3 is 20.5 Å². The molecule has 5 nitrogen and oxygen atoms in total. The second-order valence-corrected chi connectivity index (χ2v) is 4.71. The van der Waals surface area contributed by atoms with Crippen LogP contribution in [0.1, 0.15) is 5.56 Å². The lowest BCUT2D eigenvalue weighted by molar-refractivity contribution is -0.274. The van der Waals surface area contributed by atoms with E-state index in [1.807, 2.05) is 0 Å². The smallest absolute Gasteiger partial charge is 0.497 e. The van der Waals surface area contributed by atoms with Gasteiger partial charge in [-0.2, -0.15) is 0 Å². The molecule has 0 saturated heterocycles. The van der Waals surface area contributed by atoms with E-state index in [1.54, 1.807) is 37.4 Å². The van der Waals surface area contributed by atoms with Crippen LogP contribution in [-0.2, 0) is 6.54 Å². The van der Waals surface area contributed by atoms with Gasteiger partial charge in [-0.25, -0.2) is 4.99 Å². The Labute approximate surface area is 136 Å². The molecule has 0 saturated carbocycles. The molecule has 0 aromatic heterocycles. The number of guanidine groups is 1. The van der Waals surface area contributed by atoms with Gasteiger partial charge in [0.25, 0.3) is 0 Å². The largest absolute Gasteiger partial charge is 0.573 e. The average molecular weight is 339 g/mol. The molecule has 0 radical (unpaired) electrons. The lowest BCUT2D eigenvalue weighted by Gasteiger charge is -2.12. The predicted molar refractivity (Wildman–Crippen MR) is 85.1 cm³/mol. The summed E-state index contributed by atoms with van der Waals surface area (Å²) in [5.41, 5.74) is 6.70. The fraction of sp³-hybridized carbons (Fsp3) is 0.188. The summed E-state index contributed by atoms with van der Waals surface area (Å²) in [6.45, 7) is -0.0543. The number of alkyl halides is 3. The molecule has 0 bridgehead atoms. The number of nitrogens with two attached hydrogens (primary N) is 1. The number of nitrogens with one attached hydrogen (secondary N) is 1. The monoisotopic (exact) mass is 339 g/mol. The molecule has 0 unspecified atom stereocenters. The molecule has 0 spiro atoms. The van der Waals surface area contributed by atoms with E-state index in [0.29, 0.717) is 11.4 Å². The predicted octanol–water partition coefficient (Wildman–Crippen LogP) is 3.52. The quantitative estimate of drug-likeness (QED) is 0.646. The van der Waals surface area contributed by atoms with Crippen molar-refractivity contribution >= 4 is 11.6 Å². The molecule has 0 fully saturated rings. The Morgan fingerprint density at radius 2 is 1.79 bits per heavy atom. The van der Waals surface area contributed by atoms with Crippen LogP contribution in [0.3, 0.4) is 0 Å². The van der Waals surface area contributed by atoms with Crippen molar-refractivity contribution in [3.8, 4) is 11.5 Å². The molecular weight excluding hydrogens is 323 g/mol. The van der Waals surface area contributed by atoms with E-state index < -0.39 is 6.36 Å². The molecule has 0 atom stereocenters. The molecule has 24 heavy (non-hydrogen) atoms. The Bertz CT molecular complexity index is 700. The molecule has 0 aliphatic rings. The number of halogens is 3. The Morgan fingerprint density at radius 3 is 2.42 bits per heavy atom. The van der Waals surface area contributed by atoms with Gasteiger partial charge in [0.15, 0.2) is 5.96 Å². The highest BCUT2D eigenvalue weighted by Gasteiger charge is 2.31. The first-order valence-corrected chi connectivity index (χ1v) is 6.92. The number of ether oxygens (including phenoxy) is 2. The van der Waals surface area contributed by atoms with E-state index in [-0.39, 0.29) is 23.8 Å². The third-order valence-corrected chi connectivity index (χ3v) is 2.98. The SMILES string of the molecule is COc1ccc(NC(N)=NCc2ccccc2OC(F)(F)F)cc1. The van der Waals surface area contributed by atoms with Crippen LogP contribution in [0.15, 0.2) is 53.5 Å². The second-order valence-electron chi connectivity index (χ2n) is 4.71. The minimum atomic E-state index is -4.76. The van der Waals surface area contributed by atoms with E-state index in [0.717, 1.165) is 0 Å². The lowest BCUT2D eigenvalue weighted by Crippen LogP contribution is -2.22. The molecule has 3 N–H and O–H groups in total. The van der Waals surface area contributed by atoms with Crippen LogP contribution in [0.5, 0.6) is 11.5 Å². The molecule has 0 aliphatic heterocycles. The first-order valence-electron chi connectivity index (χ1n) is 6.92. The van der Waals surface area contributed by atoms with Crippen molar-refractivity contribution < 1.29 is 22.6 Å². The van der Waals surface area contributed by atoms with Gasteiger partial charge in [0, 0.05) is 11.3 Å². The van der Waals surface area contributed by atoms with E-state index in [1.165, 1.54) is 18.2 Å². The van der Waals surface area contributed by atoms with Gasteiger partial charge in [-0.3, -0.25) is 0 Å². The summed E-state index contributed by atoms with van der Waals surface area (Å²) in [7, 11) is 1.55. The maximum absolute atomic E-state index is 12.4. The summed E-state index contributed by atoms with van der Waals surface area (Å²) in [5, 5.41) is 2.84. The van der Waals surface area contributed by atoms with Crippen LogP contribution in [-0.4, -0.2) is 19.4 Å². The molecule has 128 valence electrons. The molecule has 2 rings (SSSR count). The van der Waals surface area contributed by atoms with Crippen LogP contribution in [0, 0.1) is 0 Å². The van der Waals surface area contributed by atoms with E-state index in [4.69, 9.17) is 10.5 Å². The van der Waals surface area contributed by atoms with Gasteiger partial charge in [-0.05, 0) is 30.3 Å². The van der Waals surface area contributed by atoms with Crippen molar-refractivity contribution in [3.63, 3.8) is 0 Å². The van der Waals surface area contributed by atoms with E-state index >= 15 is 0 Å². The summed E-state index contributed by atoms with van der Waals surface area (Å²) in [5.74, 6) is 0.460. The van der Waals surface area contributed by atoms with E-state index in [9.17, 15) is 13.2 Å². The van der Waals surface area contributed by atoms with Gasteiger partial charge in [-0.15, -0.1) is 13.2 Å². The van der Waals surface area contributed by atoms with Crippen LogP contribution in [0.25, 0.3) is 0 Å². The Morgan fingerprint density at radius 1 is 1.12 bits per heavy atom. The first-order chi connectivity index (χ1) is 11.4. The topological polar surface area (TPSA) is 68.9 Å². The zero-order chi connectivity index (χ0) is 17.6. The number of aliphatic imine (C=N–C) groups is 1. The van der Waals surface area contributed by atoms with Crippen molar-refractivity contribution in [2.45, 2.75) is 12.9 Å². The standard InChI is InChI=1S/C16H16F3N3O2/c1-23-13-8-6-12(7-9-13)22-15(20)21-10-11-4-2-3-5-14(11)24-16(17,18)19/h2-9H,10H2,1H3,(H3,20,21,22). The number of para-hydroxylation sites is 1. The molecule has 0 amide bonds. The van der Waals surface area contributed by atoms with Crippen molar-refractivity contribution in [1.29, 1.82) is 0 Å². The highest BCUT2D eigenvalue weighted by Crippen LogP contribution is 2.26. The number of hydrogen-bond donors (Lipinski definition) is 2. The molecule has 0 heterocycles. The number of benzene rings is 2. The summed E-state index contributed by atoms with van der Waals surface area (Å²) in [4.78, 5) is 4.03. The summed E-state index contributed by atoms with van der Waals surface area (Å²) in [6, 6.07) is 12.7. The lowest BCUT2D eigenvalue weighted by atomic mass is 10.2. The number of rotatable bonds is 5. The second kappa shape index (κ2) is 7.58. The maximum atomic E-state index is 12.4.